The van der Waals surface area contributed by atoms with Crippen molar-refractivity contribution in [1.82, 2.24) is 0 Å². The van der Waals surface area contributed by atoms with E-state index in [4.69, 9.17) is 20.4 Å². The Morgan fingerprint density at radius 2 is 1.64 bits per heavy atom. The van der Waals surface area contributed by atoms with E-state index in [0.29, 0.717) is 0 Å². The van der Waals surface area contributed by atoms with Crippen LogP contribution in [0, 0.1) is 0 Å². The van der Waals surface area contributed by atoms with Crippen LogP contribution < -0.4 is 0 Å². The van der Waals surface area contributed by atoms with Gasteiger partial charge in [0.1, 0.15) is 0 Å². The van der Waals surface area contributed by atoms with Gasteiger partial charge in [-0.15, -0.1) is 0 Å². The lowest BCUT2D eigenvalue weighted by atomic mass is 10.3. The minimum absolute atomic E-state index is 0.167. The van der Waals surface area contributed by atoms with E-state index < -0.39 is 24.1 Å². The van der Waals surface area contributed by atoms with E-state index in [1.165, 1.54) is 6.92 Å². The van der Waals surface area contributed by atoms with Crippen molar-refractivity contribution < 1.29 is 30.0 Å². The molecule has 0 bridgehead atoms. The topological polar surface area (TPSA) is 115 Å². The first-order valence-corrected chi connectivity index (χ1v) is 4.12. The molecule has 2 atom stereocenters. The van der Waals surface area contributed by atoms with Gasteiger partial charge in [0.2, 0.25) is 0 Å². The van der Waals surface area contributed by atoms with Crippen LogP contribution in [-0.4, -0.2) is 44.6 Å². The summed E-state index contributed by atoms with van der Waals surface area (Å²) in [5.74, 6) is -2.11. The normalized spacial score (nSPS) is 13.4. The van der Waals surface area contributed by atoms with Crippen molar-refractivity contribution >= 4 is 11.9 Å². The van der Waals surface area contributed by atoms with Crippen LogP contribution in [0.3, 0.4) is 0 Å². The van der Waals surface area contributed by atoms with Crippen molar-refractivity contribution in [1.29, 1.82) is 0 Å². The second-order valence-corrected chi connectivity index (χ2v) is 2.71. The van der Waals surface area contributed by atoms with E-state index in [9.17, 15) is 9.59 Å². The Hall–Kier alpha value is -1.14. The molecule has 0 aliphatic heterocycles. The summed E-state index contributed by atoms with van der Waals surface area (Å²) < 4.78 is 0. The molecule has 0 aromatic rings. The monoisotopic (exact) mass is 208 g/mol. The Labute approximate surface area is 81.8 Å². The molecule has 4 N–H and O–H groups in total. The fraction of sp³-hybridized carbons (Fsp3) is 0.750. The fourth-order valence-corrected chi connectivity index (χ4v) is 0.427. The number of carbonyl (C=O) groups is 2. The van der Waals surface area contributed by atoms with Gasteiger partial charge in [0.25, 0.3) is 0 Å². The summed E-state index contributed by atoms with van der Waals surface area (Å²) in [6.45, 7) is 3.05. The molecule has 0 saturated carbocycles. The standard InChI is InChI=1S/2C4H8O3/c1-3(5)2-4(6)7;1-2-3(5)4(6)7/h2*3,5H,2H2,1H3,(H,6,7)/t2*3-/m11/s1. The molecule has 0 rings (SSSR count). The van der Waals surface area contributed by atoms with Crippen molar-refractivity contribution in [3.05, 3.63) is 0 Å². The number of aliphatic hydroxyl groups excluding tert-OH is 2. The molecule has 0 aromatic heterocycles. The summed E-state index contributed by atoms with van der Waals surface area (Å²) in [6.07, 6.45) is -1.80. The largest absolute Gasteiger partial charge is 0.481 e. The van der Waals surface area contributed by atoms with Gasteiger partial charge in [-0.05, 0) is 13.3 Å². The van der Waals surface area contributed by atoms with Crippen LogP contribution in [-0.2, 0) is 9.59 Å². The maximum atomic E-state index is 9.68. The molecule has 0 heterocycles. The third kappa shape index (κ3) is 13.4. The number of aliphatic hydroxyl groups is 2. The van der Waals surface area contributed by atoms with Crippen LogP contribution in [0.25, 0.3) is 0 Å². The Bertz CT molecular complexity index is 177. The Morgan fingerprint density at radius 3 is 1.64 bits per heavy atom. The van der Waals surface area contributed by atoms with E-state index in [1.807, 2.05) is 0 Å². The molecule has 0 fully saturated rings. The van der Waals surface area contributed by atoms with Gasteiger partial charge in [-0.3, -0.25) is 4.79 Å². The first-order chi connectivity index (χ1) is 6.31. The molecule has 0 aromatic carbocycles. The zero-order valence-corrected chi connectivity index (χ0v) is 8.17. The third-order valence-corrected chi connectivity index (χ3v) is 1.14. The van der Waals surface area contributed by atoms with Gasteiger partial charge in [-0.2, -0.15) is 0 Å². The maximum Gasteiger partial charge on any atom is 0.332 e. The van der Waals surface area contributed by atoms with Crippen LogP contribution in [0.2, 0.25) is 0 Å². The second-order valence-electron chi connectivity index (χ2n) is 2.71. The third-order valence-electron chi connectivity index (χ3n) is 1.14. The van der Waals surface area contributed by atoms with Gasteiger partial charge < -0.3 is 20.4 Å². The zero-order chi connectivity index (χ0) is 11.7. The second kappa shape index (κ2) is 8.46. The van der Waals surface area contributed by atoms with E-state index in [1.54, 1.807) is 6.92 Å². The molecule has 0 spiro atoms. The first kappa shape index (κ1) is 15.3. The van der Waals surface area contributed by atoms with Crippen LogP contribution in [0.15, 0.2) is 0 Å². The summed E-state index contributed by atoms with van der Waals surface area (Å²) in [4.78, 5) is 19.3. The average molecular weight is 208 g/mol. The van der Waals surface area contributed by atoms with Gasteiger partial charge in [-0.1, -0.05) is 6.92 Å². The highest BCUT2D eigenvalue weighted by Crippen LogP contribution is 1.86. The van der Waals surface area contributed by atoms with Gasteiger partial charge in [-0.25, -0.2) is 4.79 Å². The van der Waals surface area contributed by atoms with Gasteiger partial charge in [0.05, 0.1) is 12.5 Å². The number of hydrogen-bond donors (Lipinski definition) is 4. The fourth-order valence-electron chi connectivity index (χ4n) is 0.427. The van der Waals surface area contributed by atoms with Gasteiger partial charge in [0, 0.05) is 0 Å². The molecular weight excluding hydrogens is 192 g/mol. The van der Waals surface area contributed by atoms with Crippen LogP contribution in [0.5, 0.6) is 0 Å². The highest BCUT2D eigenvalue weighted by atomic mass is 16.4. The predicted molar refractivity (Wildman–Crippen MR) is 47.9 cm³/mol. The Morgan fingerprint density at radius 1 is 1.21 bits per heavy atom. The molecule has 0 saturated heterocycles. The quantitative estimate of drug-likeness (QED) is 0.503. The maximum absolute atomic E-state index is 9.68. The minimum Gasteiger partial charge on any atom is -0.481 e. The summed E-state index contributed by atoms with van der Waals surface area (Å²) in [5.41, 5.74) is 0. The minimum atomic E-state index is -1.18. The smallest absolute Gasteiger partial charge is 0.332 e. The van der Waals surface area contributed by atoms with Crippen molar-refractivity contribution in [3.8, 4) is 0 Å². The van der Waals surface area contributed by atoms with Crippen molar-refractivity contribution in [2.45, 2.75) is 38.9 Å². The van der Waals surface area contributed by atoms with Gasteiger partial charge in [0.15, 0.2) is 6.10 Å². The van der Waals surface area contributed by atoms with E-state index >= 15 is 0 Å². The highest BCUT2D eigenvalue weighted by Gasteiger charge is 2.07. The summed E-state index contributed by atoms with van der Waals surface area (Å²) in [7, 11) is 0. The Kier molecular flexibility index (Phi) is 9.27. The molecule has 0 amide bonds. The van der Waals surface area contributed by atoms with Gasteiger partial charge >= 0.3 is 11.9 Å². The molecule has 0 aliphatic carbocycles. The van der Waals surface area contributed by atoms with E-state index in [0.717, 1.165) is 0 Å². The molecule has 0 unspecified atom stereocenters. The molecule has 0 radical (unpaired) electrons. The summed E-state index contributed by atoms with van der Waals surface area (Å²) in [5, 5.41) is 32.5. The van der Waals surface area contributed by atoms with E-state index in [2.05, 4.69) is 0 Å². The van der Waals surface area contributed by atoms with Crippen molar-refractivity contribution in [2.75, 3.05) is 0 Å². The lowest BCUT2D eigenvalue weighted by molar-refractivity contribution is -0.146. The van der Waals surface area contributed by atoms with Crippen LogP contribution >= 0.6 is 0 Å². The summed E-state index contributed by atoms with van der Waals surface area (Å²) in [6, 6.07) is 0. The SMILES string of the molecule is CC[C@@H](O)C(=O)O.C[C@@H](O)CC(=O)O. The molecule has 14 heavy (non-hydrogen) atoms. The lowest BCUT2D eigenvalue weighted by Gasteiger charge is -1.95. The first-order valence-electron chi connectivity index (χ1n) is 4.12. The Balaban J connectivity index is 0. The van der Waals surface area contributed by atoms with Crippen LogP contribution in [0.1, 0.15) is 26.7 Å². The average Bonchev–Trinajstić information content (AvgIpc) is 2.01. The molecule has 0 aliphatic rings. The van der Waals surface area contributed by atoms with E-state index in [-0.39, 0.29) is 12.8 Å². The predicted octanol–water partition coefficient (Wildman–Crippen LogP) is -0.316. The zero-order valence-electron chi connectivity index (χ0n) is 8.17. The van der Waals surface area contributed by atoms with Crippen molar-refractivity contribution in [3.63, 3.8) is 0 Å². The number of carboxylic acid groups (broad SMARTS) is 2. The number of hydrogen-bond acceptors (Lipinski definition) is 4. The molecule has 6 heteroatoms. The molecule has 84 valence electrons. The van der Waals surface area contributed by atoms with Crippen LogP contribution in [0.4, 0.5) is 0 Å². The van der Waals surface area contributed by atoms with Crippen molar-refractivity contribution in [2.24, 2.45) is 0 Å². The highest BCUT2D eigenvalue weighted by molar-refractivity contribution is 5.71. The molecule has 6 nitrogen and oxygen atoms in total. The number of rotatable bonds is 4. The number of carboxylic acids is 2. The summed E-state index contributed by atoms with van der Waals surface area (Å²) >= 11 is 0. The number of aliphatic carboxylic acids is 2. The molecular formula is C8H16O6. The lowest BCUT2D eigenvalue weighted by Crippen LogP contribution is -2.17.